The van der Waals surface area contributed by atoms with Crippen molar-refractivity contribution in [2.75, 3.05) is 13.7 Å². The number of aromatic nitrogens is 1. The lowest BCUT2D eigenvalue weighted by Crippen LogP contribution is -2.31. The smallest absolute Gasteiger partial charge is 0.307 e. The van der Waals surface area contributed by atoms with Crippen molar-refractivity contribution >= 4 is 29.0 Å². The summed E-state index contributed by atoms with van der Waals surface area (Å²) in [5.74, 6) is 0.566. The van der Waals surface area contributed by atoms with Crippen molar-refractivity contribution < 1.29 is 18.9 Å². The first kappa shape index (κ1) is 21.4. The molecular formula is C22H20N4O5S. The van der Waals surface area contributed by atoms with Crippen LogP contribution in [0.1, 0.15) is 30.0 Å². The Bertz CT molecular complexity index is 1150. The third-order valence-corrected chi connectivity index (χ3v) is 5.62. The number of ether oxygens (including phenoxy) is 1. The molecule has 2 aromatic heterocycles. The molecule has 1 aliphatic rings. The fraction of sp³-hybridized carbons (Fsp3) is 0.227. The largest absolute Gasteiger partial charge is 0.469 e. The number of benzene rings is 1. The molecule has 1 aromatic carbocycles. The Kier molecular flexibility index (Phi) is 6.13. The minimum absolute atomic E-state index is 0.0442. The molecule has 1 N–H and O–H groups in total. The number of methoxy groups -OCH3 is 1. The van der Waals surface area contributed by atoms with Gasteiger partial charge in [-0.05, 0) is 42.5 Å². The van der Waals surface area contributed by atoms with E-state index in [1.165, 1.54) is 13.2 Å². The number of para-hydroxylation sites is 1. The summed E-state index contributed by atoms with van der Waals surface area (Å²) in [5.41, 5.74) is 1.09. The number of nitro benzene ring substituents is 1. The van der Waals surface area contributed by atoms with Crippen LogP contribution in [0, 0.1) is 10.1 Å². The summed E-state index contributed by atoms with van der Waals surface area (Å²) in [6.07, 6.45) is 1.83. The predicted molar refractivity (Wildman–Crippen MR) is 120 cm³/mol. The standard InChI is InChI=1S/C22H20N4O5S/c1-30-19(27)11-13-25-21(20(24-22(25)32)15-7-4-5-12-23-15)18-10-9-17(31-18)14-6-2-3-8-16(14)26(28)29/h2-10,12,20-21H,11,13H2,1H3,(H,24,32)/t20-,21+/m0/s1. The summed E-state index contributed by atoms with van der Waals surface area (Å²) < 4.78 is 10.9. The van der Waals surface area contributed by atoms with E-state index in [0.717, 1.165) is 5.69 Å². The number of pyridine rings is 1. The molecule has 9 nitrogen and oxygen atoms in total. The third-order valence-electron chi connectivity index (χ3n) is 5.27. The Morgan fingerprint density at radius 2 is 2.03 bits per heavy atom. The molecule has 0 amide bonds. The number of nitrogens with one attached hydrogen (secondary N) is 1. The van der Waals surface area contributed by atoms with Crippen LogP contribution in [-0.2, 0) is 9.53 Å². The second-order valence-corrected chi connectivity index (χ2v) is 7.51. The maximum absolute atomic E-state index is 11.7. The number of thiocarbonyl (C=S) groups is 1. The highest BCUT2D eigenvalue weighted by molar-refractivity contribution is 7.80. The molecule has 0 saturated carbocycles. The molecule has 32 heavy (non-hydrogen) atoms. The fourth-order valence-electron chi connectivity index (χ4n) is 3.77. The van der Waals surface area contributed by atoms with E-state index in [1.54, 1.807) is 36.5 Å². The van der Waals surface area contributed by atoms with Gasteiger partial charge in [0, 0.05) is 18.8 Å². The van der Waals surface area contributed by atoms with Gasteiger partial charge in [-0.25, -0.2) is 0 Å². The van der Waals surface area contributed by atoms with E-state index in [4.69, 9.17) is 21.4 Å². The molecule has 0 radical (unpaired) electrons. The summed E-state index contributed by atoms with van der Waals surface area (Å²) in [6, 6.07) is 14.7. The summed E-state index contributed by atoms with van der Waals surface area (Å²) in [5, 5.41) is 15.2. The predicted octanol–water partition coefficient (Wildman–Crippen LogP) is 3.79. The third kappa shape index (κ3) is 4.17. The van der Waals surface area contributed by atoms with Crippen molar-refractivity contribution in [3.63, 3.8) is 0 Å². The molecule has 1 saturated heterocycles. The molecule has 4 rings (SSSR count). The molecule has 3 heterocycles. The molecular weight excluding hydrogens is 432 g/mol. The van der Waals surface area contributed by atoms with E-state index in [9.17, 15) is 14.9 Å². The van der Waals surface area contributed by atoms with Crippen molar-refractivity contribution in [2.24, 2.45) is 0 Å². The van der Waals surface area contributed by atoms with Crippen LogP contribution in [-0.4, -0.2) is 39.5 Å². The van der Waals surface area contributed by atoms with Crippen LogP contribution in [0.25, 0.3) is 11.3 Å². The van der Waals surface area contributed by atoms with Crippen molar-refractivity contribution in [1.29, 1.82) is 0 Å². The van der Waals surface area contributed by atoms with Gasteiger partial charge in [0.1, 0.15) is 17.6 Å². The van der Waals surface area contributed by atoms with Crippen LogP contribution in [0.2, 0.25) is 0 Å². The Hall–Kier alpha value is -3.79. The Morgan fingerprint density at radius 1 is 1.25 bits per heavy atom. The van der Waals surface area contributed by atoms with Gasteiger partial charge in [0.05, 0.1) is 35.8 Å². The molecule has 0 aliphatic carbocycles. The zero-order valence-electron chi connectivity index (χ0n) is 17.1. The highest BCUT2D eigenvalue weighted by Gasteiger charge is 2.41. The maximum atomic E-state index is 11.7. The normalized spacial score (nSPS) is 17.8. The van der Waals surface area contributed by atoms with Crippen molar-refractivity contribution in [3.05, 3.63) is 82.4 Å². The second-order valence-electron chi connectivity index (χ2n) is 7.12. The van der Waals surface area contributed by atoms with Gasteiger partial charge in [-0.15, -0.1) is 0 Å². The van der Waals surface area contributed by atoms with E-state index >= 15 is 0 Å². The number of hydrogen-bond acceptors (Lipinski definition) is 7. The number of furan rings is 1. The summed E-state index contributed by atoms with van der Waals surface area (Å²) >= 11 is 5.54. The van der Waals surface area contributed by atoms with E-state index in [2.05, 4.69) is 10.3 Å². The lowest BCUT2D eigenvalue weighted by Gasteiger charge is -2.25. The van der Waals surface area contributed by atoms with Gasteiger partial charge in [-0.2, -0.15) is 0 Å². The minimum Gasteiger partial charge on any atom is -0.469 e. The zero-order valence-corrected chi connectivity index (χ0v) is 18.0. The van der Waals surface area contributed by atoms with Crippen LogP contribution in [0.3, 0.4) is 0 Å². The van der Waals surface area contributed by atoms with E-state index in [0.29, 0.717) is 28.7 Å². The van der Waals surface area contributed by atoms with Gasteiger partial charge in [0.2, 0.25) is 0 Å². The Morgan fingerprint density at radius 3 is 2.75 bits per heavy atom. The van der Waals surface area contributed by atoms with Crippen LogP contribution < -0.4 is 5.32 Å². The molecule has 1 fully saturated rings. The first-order valence-corrected chi connectivity index (χ1v) is 10.3. The van der Waals surface area contributed by atoms with E-state index in [-0.39, 0.29) is 24.1 Å². The highest BCUT2D eigenvalue weighted by Crippen LogP contribution is 2.41. The molecule has 0 bridgehead atoms. The van der Waals surface area contributed by atoms with Gasteiger partial charge in [0.25, 0.3) is 5.69 Å². The average Bonchev–Trinajstić information content (AvgIpc) is 3.42. The average molecular weight is 452 g/mol. The minimum atomic E-state index is -0.441. The van der Waals surface area contributed by atoms with Gasteiger partial charge in [-0.1, -0.05) is 18.2 Å². The monoisotopic (exact) mass is 452 g/mol. The highest BCUT2D eigenvalue weighted by atomic mass is 32.1. The van der Waals surface area contributed by atoms with Crippen molar-refractivity contribution in [1.82, 2.24) is 15.2 Å². The molecule has 1 aliphatic heterocycles. The molecule has 164 valence electrons. The summed E-state index contributed by atoms with van der Waals surface area (Å²) in [6.45, 7) is 0.314. The summed E-state index contributed by atoms with van der Waals surface area (Å²) in [4.78, 5) is 29.1. The first-order valence-electron chi connectivity index (χ1n) is 9.88. The van der Waals surface area contributed by atoms with E-state index < -0.39 is 11.0 Å². The van der Waals surface area contributed by atoms with Crippen LogP contribution >= 0.6 is 12.2 Å². The Balaban J connectivity index is 1.72. The molecule has 0 unspecified atom stereocenters. The van der Waals surface area contributed by atoms with Gasteiger partial charge < -0.3 is 19.4 Å². The second kappa shape index (κ2) is 9.15. The number of carbonyl (C=O) groups is 1. The van der Waals surface area contributed by atoms with Crippen molar-refractivity contribution in [3.8, 4) is 11.3 Å². The quantitative estimate of drug-likeness (QED) is 0.248. The molecule has 3 aromatic rings. The fourth-order valence-corrected chi connectivity index (χ4v) is 4.10. The maximum Gasteiger partial charge on any atom is 0.307 e. The van der Waals surface area contributed by atoms with Crippen molar-refractivity contribution in [2.45, 2.75) is 18.5 Å². The lowest BCUT2D eigenvalue weighted by atomic mass is 10.0. The SMILES string of the molecule is COC(=O)CCN1C(=S)N[C@@H](c2ccccn2)[C@H]1c1ccc(-c2ccccc2[N+](=O)[O-])o1. The number of nitro groups is 1. The topological polar surface area (TPSA) is 111 Å². The Labute approximate surface area is 189 Å². The zero-order chi connectivity index (χ0) is 22.7. The number of rotatable bonds is 7. The lowest BCUT2D eigenvalue weighted by molar-refractivity contribution is -0.384. The molecule has 10 heteroatoms. The van der Waals surface area contributed by atoms with Crippen LogP contribution in [0.15, 0.2) is 65.2 Å². The number of hydrogen-bond donors (Lipinski definition) is 1. The van der Waals surface area contributed by atoms with Crippen LogP contribution in [0.5, 0.6) is 0 Å². The van der Waals surface area contributed by atoms with Gasteiger partial charge in [-0.3, -0.25) is 19.9 Å². The summed E-state index contributed by atoms with van der Waals surface area (Å²) in [7, 11) is 1.34. The number of esters is 1. The number of nitrogens with zero attached hydrogens (tertiary/aromatic N) is 3. The van der Waals surface area contributed by atoms with E-state index in [1.807, 2.05) is 23.1 Å². The molecule has 0 spiro atoms. The van der Waals surface area contributed by atoms with Crippen LogP contribution in [0.4, 0.5) is 5.69 Å². The van der Waals surface area contributed by atoms with Gasteiger partial charge >= 0.3 is 5.97 Å². The first-order chi connectivity index (χ1) is 15.5. The van der Waals surface area contributed by atoms with Gasteiger partial charge in [0.15, 0.2) is 5.11 Å². The molecule has 2 atom stereocenters. The number of carbonyl (C=O) groups excluding carboxylic acids is 1.